The number of rotatable bonds is 0. The Morgan fingerprint density at radius 3 is 1.06 bits per heavy atom. The Balaban J connectivity index is 2.24. The Labute approximate surface area is 113 Å². The molecule has 86 valence electrons. The van der Waals surface area contributed by atoms with Crippen molar-refractivity contribution in [2.24, 2.45) is 0 Å². The Morgan fingerprint density at radius 2 is 0.812 bits per heavy atom. The average molecular weight is 287 g/mol. The highest BCUT2D eigenvalue weighted by Gasteiger charge is 2.23. The molecule has 1 aromatic rings. The number of hydrogen-bond donors (Lipinski definition) is 0. The van der Waals surface area contributed by atoms with E-state index in [1.165, 1.54) is 23.0 Å². The van der Waals surface area contributed by atoms with Crippen LogP contribution in [0.25, 0.3) is 0 Å². The van der Waals surface area contributed by atoms with Gasteiger partial charge in [-0.1, -0.05) is 43.2 Å². The van der Waals surface area contributed by atoms with Crippen LogP contribution in [0, 0.1) is 13.8 Å². The van der Waals surface area contributed by atoms with E-state index in [-0.39, 0.29) is 0 Å². The van der Waals surface area contributed by atoms with Crippen LogP contribution >= 0.6 is 43.2 Å². The van der Waals surface area contributed by atoms with Crippen LogP contribution in [0.4, 0.5) is 0 Å². The van der Waals surface area contributed by atoms with E-state index in [0.717, 1.165) is 0 Å². The summed E-state index contributed by atoms with van der Waals surface area (Å²) >= 11 is 0. The third-order valence-corrected chi connectivity index (χ3v) is 7.89. The van der Waals surface area contributed by atoms with E-state index in [2.05, 4.69) is 13.8 Å². The van der Waals surface area contributed by atoms with Crippen LogP contribution in [0.3, 0.4) is 0 Å². The fraction of sp³-hybridized carbons (Fsp3) is 0.500. The summed E-state index contributed by atoms with van der Waals surface area (Å²) < 4.78 is 0. The summed E-state index contributed by atoms with van der Waals surface area (Å²) in [5.41, 5.74) is 9.77. The van der Waals surface area contributed by atoms with Crippen molar-refractivity contribution in [3.8, 4) is 0 Å². The molecule has 4 heteroatoms. The van der Waals surface area contributed by atoms with Crippen LogP contribution in [-0.2, 0) is 23.0 Å². The van der Waals surface area contributed by atoms with Gasteiger partial charge in [-0.3, -0.25) is 0 Å². The van der Waals surface area contributed by atoms with Crippen LogP contribution in [0.2, 0.25) is 0 Å². The molecule has 0 bridgehead atoms. The van der Waals surface area contributed by atoms with Crippen molar-refractivity contribution in [2.75, 3.05) is 0 Å². The summed E-state index contributed by atoms with van der Waals surface area (Å²) in [4.78, 5) is 0. The summed E-state index contributed by atoms with van der Waals surface area (Å²) in [6.45, 7) is 4.68. The zero-order chi connectivity index (χ0) is 11.1. The number of fused-ring (bicyclic) bond motifs is 2. The zero-order valence-electron chi connectivity index (χ0n) is 9.46. The zero-order valence-corrected chi connectivity index (χ0v) is 12.7. The van der Waals surface area contributed by atoms with Gasteiger partial charge in [-0.15, -0.1) is 0 Å². The molecule has 0 radical (unpaired) electrons. The maximum Gasteiger partial charge on any atom is 0.0294 e. The molecule has 0 unspecified atom stereocenters. The molecule has 0 amide bonds. The smallest absolute Gasteiger partial charge is 0.0294 e. The van der Waals surface area contributed by atoms with Gasteiger partial charge < -0.3 is 0 Å². The largest absolute Gasteiger partial charge is 0.0890 e. The highest BCUT2D eigenvalue weighted by molar-refractivity contribution is 8.76. The minimum Gasteiger partial charge on any atom is -0.0890 e. The molecule has 0 aromatic heterocycles. The molecular formula is C12H14S4. The van der Waals surface area contributed by atoms with E-state index in [1.807, 2.05) is 43.2 Å². The van der Waals surface area contributed by atoms with Gasteiger partial charge in [0.05, 0.1) is 0 Å². The second kappa shape index (κ2) is 4.71. The highest BCUT2D eigenvalue weighted by atomic mass is 33.1. The van der Waals surface area contributed by atoms with Crippen LogP contribution < -0.4 is 0 Å². The fourth-order valence-electron chi connectivity index (χ4n) is 2.45. The molecule has 0 saturated heterocycles. The summed E-state index contributed by atoms with van der Waals surface area (Å²) in [7, 11) is 8.06. The van der Waals surface area contributed by atoms with Gasteiger partial charge in [0, 0.05) is 23.0 Å². The van der Waals surface area contributed by atoms with E-state index in [0.29, 0.717) is 0 Å². The van der Waals surface area contributed by atoms with E-state index < -0.39 is 0 Å². The Kier molecular flexibility index (Phi) is 3.44. The first-order chi connectivity index (χ1) is 7.79. The van der Waals surface area contributed by atoms with Crippen LogP contribution in [-0.4, -0.2) is 0 Å². The minimum absolute atomic E-state index is 1.21. The van der Waals surface area contributed by atoms with Crippen molar-refractivity contribution in [3.63, 3.8) is 0 Å². The van der Waals surface area contributed by atoms with Gasteiger partial charge in [-0.05, 0) is 47.2 Å². The topological polar surface area (TPSA) is 0 Å². The lowest BCUT2D eigenvalue weighted by molar-refractivity contribution is 1.09. The summed E-state index contributed by atoms with van der Waals surface area (Å²) in [5, 5.41) is 0. The molecule has 1 aromatic carbocycles. The van der Waals surface area contributed by atoms with Crippen LogP contribution in [0.5, 0.6) is 0 Å². The first kappa shape index (κ1) is 11.7. The van der Waals surface area contributed by atoms with Crippen molar-refractivity contribution >= 4 is 43.2 Å². The molecule has 16 heavy (non-hydrogen) atoms. The maximum atomic E-state index is 2.34. The van der Waals surface area contributed by atoms with Gasteiger partial charge in [-0.2, -0.15) is 0 Å². The Hall–Kier alpha value is 0.620. The monoisotopic (exact) mass is 286 g/mol. The molecule has 2 heterocycles. The molecule has 0 N–H and O–H groups in total. The van der Waals surface area contributed by atoms with Gasteiger partial charge in [0.1, 0.15) is 0 Å². The lowest BCUT2D eigenvalue weighted by Crippen LogP contribution is -2.10. The first-order valence-electron chi connectivity index (χ1n) is 5.40. The fourth-order valence-corrected chi connectivity index (χ4v) is 7.24. The lowest BCUT2D eigenvalue weighted by atomic mass is 9.90. The second-order valence-corrected chi connectivity index (χ2v) is 9.14. The van der Waals surface area contributed by atoms with E-state index in [1.54, 1.807) is 33.4 Å². The van der Waals surface area contributed by atoms with E-state index in [9.17, 15) is 0 Å². The SMILES string of the molecule is Cc1c2c(c(C)c3c1CSSC3)CSSC2. The van der Waals surface area contributed by atoms with Crippen molar-refractivity contribution < 1.29 is 0 Å². The summed E-state index contributed by atoms with van der Waals surface area (Å²) in [6, 6.07) is 0. The molecule has 2 aliphatic rings. The van der Waals surface area contributed by atoms with Gasteiger partial charge in [-0.25, -0.2) is 0 Å². The first-order valence-corrected chi connectivity index (χ1v) is 10.4. The quantitative estimate of drug-likeness (QED) is 0.609. The second-order valence-electron chi connectivity index (χ2n) is 4.21. The molecule has 2 aliphatic heterocycles. The highest BCUT2D eigenvalue weighted by Crippen LogP contribution is 2.46. The van der Waals surface area contributed by atoms with Crippen LogP contribution in [0.15, 0.2) is 0 Å². The number of benzene rings is 1. The molecule has 0 fully saturated rings. The maximum absolute atomic E-state index is 2.34. The molecule has 3 rings (SSSR count). The molecule has 0 atom stereocenters. The molecule has 0 aliphatic carbocycles. The van der Waals surface area contributed by atoms with Crippen molar-refractivity contribution in [3.05, 3.63) is 33.4 Å². The van der Waals surface area contributed by atoms with E-state index in [4.69, 9.17) is 0 Å². The van der Waals surface area contributed by atoms with Gasteiger partial charge in [0.2, 0.25) is 0 Å². The third-order valence-electron chi connectivity index (χ3n) is 3.52. The normalized spacial score (nSPS) is 19.1. The Bertz CT molecular complexity index is 361. The van der Waals surface area contributed by atoms with Crippen LogP contribution in [0.1, 0.15) is 33.4 Å². The van der Waals surface area contributed by atoms with E-state index >= 15 is 0 Å². The standard InChI is InChI=1S/C12H14S4/c1-7-9-3-13-15-5-11(9)8(2)12-6-16-14-4-10(7)12/h3-6H2,1-2H3. The van der Waals surface area contributed by atoms with Crippen molar-refractivity contribution in [1.29, 1.82) is 0 Å². The van der Waals surface area contributed by atoms with Gasteiger partial charge >= 0.3 is 0 Å². The summed E-state index contributed by atoms with van der Waals surface area (Å²) in [5.74, 6) is 4.82. The average Bonchev–Trinajstić information content (AvgIpc) is 2.36. The summed E-state index contributed by atoms with van der Waals surface area (Å²) in [6.07, 6.45) is 0. The Morgan fingerprint density at radius 1 is 0.562 bits per heavy atom. The minimum atomic E-state index is 1.21. The predicted molar refractivity (Wildman–Crippen MR) is 81.1 cm³/mol. The predicted octanol–water partition coefficient (Wildman–Crippen LogP) is 5.09. The van der Waals surface area contributed by atoms with Gasteiger partial charge in [0.15, 0.2) is 0 Å². The number of hydrogen-bond acceptors (Lipinski definition) is 4. The lowest BCUT2D eigenvalue weighted by Gasteiger charge is -2.27. The molecule has 0 nitrogen and oxygen atoms in total. The van der Waals surface area contributed by atoms with Crippen molar-refractivity contribution in [1.82, 2.24) is 0 Å². The molecule has 0 saturated carbocycles. The molecular weight excluding hydrogens is 272 g/mol. The van der Waals surface area contributed by atoms with Gasteiger partial charge in [0.25, 0.3) is 0 Å². The molecule has 0 spiro atoms. The third kappa shape index (κ3) is 1.82. The van der Waals surface area contributed by atoms with Crippen molar-refractivity contribution in [2.45, 2.75) is 36.9 Å².